The number of carbonyl (C=O) groups is 1. The first-order valence-corrected chi connectivity index (χ1v) is 8.39. The van der Waals surface area contributed by atoms with Gasteiger partial charge in [0, 0.05) is 37.6 Å². The Morgan fingerprint density at radius 1 is 1.32 bits per heavy atom. The third kappa shape index (κ3) is 3.52. The lowest BCUT2D eigenvalue weighted by Crippen LogP contribution is -2.29. The number of carbonyl (C=O) groups excluding carboxylic acids is 1. The summed E-state index contributed by atoms with van der Waals surface area (Å²) in [5.74, 6) is 0.136. The van der Waals surface area contributed by atoms with Crippen LogP contribution in [0.4, 0.5) is 0 Å². The second-order valence-corrected chi connectivity index (χ2v) is 6.50. The molecule has 0 radical (unpaired) electrons. The summed E-state index contributed by atoms with van der Waals surface area (Å²) in [7, 11) is 1.80. The zero-order valence-electron chi connectivity index (χ0n) is 15.0. The van der Waals surface area contributed by atoms with Gasteiger partial charge in [0.15, 0.2) is 0 Å². The largest absolute Gasteiger partial charge is 0.341 e. The van der Waals surface area contributed by atoms with Crippen molar-refractivity contribution in [3.8, 4) is 0 Å². The Morgan fingerprint density at radius 3 is 2.80 bits per heavy atom. The molecular formula is C19H22N4O2. The summed E-state index contributed by atoms with van der Waals surface area (Å²) in [6.07, 6.45) is 2.47. The third-order valence-electron chi connectivity index (χ3n) is 4.24. The Bertz CT molecular complexity index is 887. The maximum atomic E-state index is 13.0. The molecule has 0 fully saturated rings. The quantitative estimate of drug-likeness (QED) is 0.713. The number of rotatable bonds is 5. The fraction of sp³-hybridized carbons (Fsp3) is 0.368. The molecule has 0 aromatic carbocycles. The molecule has 0 aliphatic heterocycles. The topological polar surface area (TPSA) is 72.1 Å². The first-order chi connectivity index (χ1) is 12.0. The van der Waals surface area contributed by atoms with E-state index < -0.39 is 0 Å². The highest BCUT2D eigenvalue weighted by Crippen LogP contribution is 2.26. The summed E-state index contributed by atoms with van der Waals surface area (Å²) in [4.78, 5) is 23.5. The molecule has 3 aromatic heterocycles. The fourth-order valence-electron chi connectivity index (χ4n) is 2.71. The van der Waals surface area contributed by atoms with Crippen LogP contribution in [0.5, 0.6) is 0 Å². The highest BCUT2D eigenvalue weighted by atomic mass is 16.5. The molecule has 0 spiro atoms. The van der Waals surface area contributed by atoms with Crippen molar-refractivity contribution in [2.45, 2.75) is 33.1 Å². The van der Waals surface area contributed by atoms with E-state index in [-0.39, 0.29) is 11.8 Å². The summed E-state index contributed by atoms with van der Waals surface area (Å²) in [6, 6.07) is 7.65. The van der Waals surface area contributed by atoms with Crippen molar-refractivity contribution in [1.29, 1.82) is 0 Å². The molecule has 3 rings (SSSR count). The van der Waals surface area contributed by atoms with E-state index in [0.29, 0.717) is 35.3 Å². The van der Waals surface area contributed by atoms with Crippen LogP contribution >= 0.6 is 0 Å². The fourth-order valence-corrected chi connectivity index (χ4v) is 2.71. The molecule has 0 N–H and O–H groups in total. The monoisotopic (exact) mass is 338 g/mol. The average Bonchev–Trinajstić information content (AvgIpc) is 3.00. The van der Waals surface area contributed by atoms with Gasteiger partial charge in [-0.1, -0.05) is 25.1 Å². The van der Waals surface area contributed by atoms with Crippen LogP contribution in [0.2, 0.25) is 0 Å². The summed E-state index contributed by atoms with van der Waals surface area (Å²) in [5, 5.41) is 4.67. The number of hydrogen-bond acceptors (Lipinski definition) is 5. The average molecular weight is 338 g/mol. The smallest absolute Gasteiger partial charge is 0.259 e. The van der Waals surface area contributed by atoms with Crippen LogP contribution in [-0.2, 0) is 6.42 Å². The third-order valence-corrected chi connectivity index (χ3v) is 4.24. The standard InChI is InChI=1S/C19H22N4O2/c1-12(2)16-11-15(17-13(3)22-25-18(17)21-16)19(24)23(4)10-8-14-7-5-6-9-20-14/h5-7,9,11-12H,8,10H2,1-4H3. The number of amides is 1. The predicted octanol–water partition coefficient (Wildman–Crippen LogP) is 3.36. The Hall–Kier alpha value is -2.76. The Balaban J connectivity index is 1.88. The lowest BCUT2D eigenvalue weighted by Gasteiger charge is -2.18. The van der Waals surface area contributed by atoms with Crippen molar-refractivity contribution in [2.24, 2.45) is 0 Å². The van der Waals surface area contributed by atoms with Gasteiger partial charge in [-0.15, -0.1) is 0 Å². The van der Waals surface area contributed by atoms with Crippen molar-refractivity contribution in [1.82, 2.24) is 20.0 Å². The first kappa shape index (κ1) is 17.1. The summed E-state index contributed by atoms with van der Waals surface area (Å²) >= 11 is 0. The van der Waals surface area contributed by atoms with Gasteiger partial charge in [-0.3, -0.25) is 9.78 Å². The van der Waals surface area contributed by atoms with E-state index in [9.17, 15) is 4.79 Å². The number of hydrogen-bond donors (Lipinski definition) is 0. The van der Waals surface area contributed by atoms with Crippen molar-refractivity contribution in [3.63, 3.8) is 0 Å². The van der Waals surface area contributed by atoms with E-state index in [1.165, 1.54) is 0 Å². The van der Waals surface area contributed by atoms with E-state index in [1.54, 1.807) is 18.1 Å². The van der Waals surface area contributed by atoms with Crippen LogP contribution in [0.3, 0.4) is 0 Å². The molecule has 6 nitrogen and oxygen atoms in total. The summed E-state index contributed by atoms with van der Waals surface area (Å²) in [6.45, 7) is 6.49. The molecule has 0 atom stereocenters. The van der Waals surface area contributed by atoms with Crippen molar-refractivity contribution < 1.29 is 9.32 Å². The minimum absolute atomic E-state index is 0.0588. The number of aryl methyl sites for hydroxylation is 1. The highest BCUT2D eigenvalue weighted by Gasteiger charge is 2.22. The number of nitrogens with zero attached hydrogens (tertiary/aromatic N) is 4. The summed E-state index contributed by atoms with van der Waals surface area (Å²) in [5.41, 5.74) is 3.48. The second-order valence-electron chi connectivity index (χ2n) is 6.50. The van der Waals surface area contributed by atoms with Crippen LogP contribution in [0.25, 0.3) is 11.1 Å². The molecule has 0 saturated heterocycles. The van der Waals surface area contributed by atoms with Crippen LogP contribution in [0, 0.1) is 6.92 Å². The van der Waals surface area contributed by atoms with Gasteiger partial charge in [0.1, 0.15) is 0 Å². The highest BCUT2D eigenvalue weighted by molar-refractivity contribution is 6.05. The summed E-state index contributed by atoms with van der Waals surface area (Å²) < 4.78 is 5.30. The molecule has 0 saturated carbocycles. The van der Waals surface area contributed by atoms with Crippen molar-refractivity contribution in [2.75, 3.05) is 13.6 Å². The number of fused-ring (bicyclic) bond motifs is 1. The van der Waals surface area contributed by atoms with Gasteiger partial charge in [0.2, 0.25) is 0 Å². The van der Waals surface area contributed by atoms with Crippen LogP contribution < -0.4 is 0 Å². The van der Waals surface area contributed by atoms with E-state index >= 15 is 0 Å². The van der Waals surface area contributed by atoms with Gasteiger partial charge in [-0.25, -0.2) is 4.98 Å². The van der Waals surface area contributed by atoms with Crippen LogP contribution in [0.1, 0.15) is 47.2 Å². The maximum Gasteiger partial charge on any atom is 0.259 e. The van der Waals surface area contributed by atoms with E-state index in [2.05, 4.69) is 15.1 Å². The lowest BCUT2D eigenvalue weighted by molar-refractivity contribution is 0.0798. The number of likely N-dealkylation sites (N-methyl/N-ethyl adjacent to an activating group) is 1. The van der Waals surface area contributed by atoms with Gasteiger partial charge in [0.25, 0.3) is 11.6 Å². The van der Waals surface area contributed by atoms with Gasteiger partial charge < -0.3 is 9.42 Å². The molecule has 0 aliphatic rings. The molecule has 0 unspecified atom stereocenters. The molecular weight excluding hydrogens is 316 g/mol. The van der Waals surface area contributed by atoms with Gasteiger partial charge in [-0.05, 0) is 31.0 Å². The molecule has 3 heterocycles. The zero-order chi connectivity index (χ0) is 18.0. The number of aromatic nitrogens is 3. The molecule has 3 aromatic rings. The van der Waals surface area contributed by atoms with Gasteiger partial charge in [-0.2, -0.15) is 0 Å². The van der Waals surface area contributed by atoms with Crippen molar-refractivity contribution in [3.05, 3.63) is 53.1 Å². The number of pyridine rings is 2. The zero-order valence-corrected chi connectivity index (χ0v) is 15.0. The minimum Gasteiger partial charge on any atom is -0.341 e. The Kier molecular flexibility index (Phi) is 4.79. The van der Waals surface area contributed by atoms with Crippen molar-refractivity contribution >= 4 is 17.0 Å². The lowest BCUT2D eigenvalue weighted by atomic mass is 10.0. The Labute approximate surface area is 146 Å². The predicted molar refractivity (Wildman–Crippen MR) is 95.5 cm³/mol. The van der Waals surface area contributed by atoms with Crippen LogP contribution in [0.15, 0.2) is 35.0 Å². The normalized spacial score (nSPS) is 11.2. The van der Waals surface area contributed by atoms with E-state index in [1.807, 2.05) is 45.0 Å². The molecule has 0 aliphatic carbocycles. The molecule has 0 bridgehead atoms. The van der Waals surface area contributed by atoms with Gasteiger partial charge >= 0.3 is 0 Å². The molecule has 25 heavy (non-hydrogen) atoms. The first-order valence-electron chi connectivity index (χ1n) is 8.39. The Morgan fingerprint density at radius 2 is 2.12 bits per heavy atom. The van der Waals surface area contributed by atoms with Gasteiger partial charge in [0.05, 0.1) is 16.6 Å². The molecule has 6 heteroatoms. The second kappa shape index (κ2) is 7.01. The van der Waals surface area contributed by atoms with E-state index in [0.717, 1.165) is 11.4 Å². The SMILES string of the molecule is Cc1noc2nc(C(C)C)cc(C(=O)N(C)CCc3ccccn3)c12. The van der Waals surface area contributed by atoms with Crippen LogP contribution in [-0.4, -0.2) is 39.5 Å². The van der Waals surface area contributed by atoms with E-state index in [4.69, 9.17) is 4.52 Å². The molecule has 1 amide bonds. The minimum atomic E-state index is -0.0588. The maximum absolute atomic E-state index is 13.0. The molecule has 130 valence electrons.